The van der Waals surface area contributed by atoms with E-state index in [0.717, 1.165) is 39.9 Å². The highest BCUT2D eigenvalue weighted by Gasteiger charge is 2.24. The summed E-state index contributed by atoms with van der Waals surface area (Å²) in [6.07, 6.45) is 0. The molecule has 0 saturated heterocycles. The predicted molar refractivity (Wildman–Crippen MR) is 127 cm³/mol. The Bertz CT molecular complexity index is 1300. The van der Waals surface area contributed by atoms with Crippen LogP contribution in [0.25, 0.3) is 10.9 Å². The van der Waals surface area contributed by atoms with E-state index in [9.17, 15) is 13.6 Å². The molecule has 0 spiro atoms. The molecule has 33 heavy (non-hydrogen) atoms. The van der Waals surface area contributed by atoms with Crippen molar-refractivity contribution in [2.24, 2.45) is 5.73 Å². The van der Waals surface area contributed by atoms with Crippen molar-refractivity contribution in [3.05, 3.63) is 106 Å². The number of fused-ring (bicyclic) bond motifs is 1. The monoisotopic (exact) mass is 447 g/mol. The first-order chi connectivity index (χ1) is 15.9. The van der Waals surface area contributed by atoms with Crippen LogP contribution in [0.1, 0.15) is 52.5 Å². The van der Waals surface area contributed by atoms with Crippen LogP contribution in [-0.4, -0.2) is 10.5 Å². The van der Waals surface area contributed by atoms with Crippen molar-refractivity contribution in [2.45, 2.75) is 39.4 Å². The fourth-order valence-corrected chi connectivity index (χ4v) is 4.24. The lowest BCUT2D eigenvalue weighted by molar-refractivity contribution is 0.0951. The van der Waals surface area contributed by atoms with E-state index < -0.39 is 11.6 Å². The standard InChI is InChI=1S/C27H27F2N3O/c1-17(2)26-25(27(33)31-15-20-9-11-22(28)23(29)12-20)21-10-8-19(14-30)13-24(21)32(26)16-18-6-4-3-5-7-18/h3-13,17H,14-16,30H2,1-2H3,(H,31,33). The maximum Gasteiger partial charge on any atom is 0.254 e. The first-order valence-electron chi connectivity index (χ1n) is 11.0. The quantitative estimate of drug-likeness (QED) is 0.394. The van der Waals surface area contributed by atoms with Crippen molar-refractivity contribution in [3.8, 4) is 0 Å². The topological polar surface area (TPSA) is 60.1 Å². The van der Waals surface area contributed by atoms with Crippen molar-refractivity contribution in [3.63, 3.8) is 0 Å². The highest BCUT2D eigenvalue weighted by atomic mass is 19.2. The van der Waals surface area contributed by atoms with Crippen LogP contribution in [0.3, 0.4) is 0 Å². The molecule has 0 radical (unpaired) electrons. The number of aromatic nitrogens is 1. The van der Waals surface area contributed by atoms with Crippen LogP contribution in [0.2, 0.25) is 0 Å². The summed E-state index contributed by atoms with van der Waals surface area (Å²) in [6.45, 7) is 5.24. The van der Waals surface area contributed by atoms with E-state index in [2.05, 4.69) is 35.9 Å². The Hall–Kier alpha value is -3.51. The van der Waals surface area contributed by atoms with Gasteiger partial charge in [-0.15, -0.1) is 0 Å². The maximum absolute atomic E-state index is 13.6. The molecule has 3 N–H and O–H groups in total. The first kappa shape index (κ1) is 22.7. The van der Waals surface area contributed by atoms with Gasteiger partial charge >= 0.3 is 0 Å². The van der Waals surface area contributed by atoms with Gasteiger partial charge in [0.15, 0.2) is 11.6 Å². The van der Waals surface area contributed by atoms with Crippen molar-refractivity contribution < 1.29 is 13.6 Å². The maximum atomic E-state index is 13.6. The smallest absolute Gasteiger partial charge is 0.254 e. The van der Waals surface area contributed by atoms with E-state index in [-0.39, 0.29) is 18.4 Å². The average Bonchev–Trinajstić information content (AvgIpc) is 3.14. The number of carbonyl (C=O) groups is 1. The Kier molecular flexibility index (Phi) is 6.56. The van der Waals surface area contributed by atoms with Crippen molar-refractivity contribution in [1.29, 1.82) is 0 Å². The molecule has 0 fully saturated rings. The third-order valence-corrected chi connectivity index (χ3v) is 5.80. The zero-order valence-corrected chi connectivity index (χ0v) is 18.7. The lowest BCUT2D eigenvalue weighted by Gasteiger charge is -2.16. The van der Waals surface area contributed by atoms with Gasteiger partial charge < -0.3 is 15.6 Å². The van der Waals surface area contributed by atoms with Crippen LogP contribution in [-0.2, 0) is 19.6 Å². The number of hydrogen-bond donors (Lipinski definition) is 2. The zero-order valence-electron chi connectivity index (χ0n) is 18.7. The van der Waals surface area contributed by atoms with Gasteiger partial charge in [0, 0.05) is 36.2 Å². The third kappa shape index (κ3) is 4.66. The number of benzene rings is 3. The van der Waals surface area contributed by atoms with Crippen molar-refractivity contribution in [2.75, 3.05) is 0 Å². The Morgan fingerprint density at radius 1 is 0.939 bits per heavy atom. The molecule has 0 aliphatic carbocycles. The number of halogens is 2. The molecular formula is C27H27F2N3O. The fraction of sp³-hybridized carbons (Fsp3) is 0.222. The van der Waals surface area contributed by atoms with Gasteiger partial charge in [-0.2, -0.15) is 0 Å². The number of rotatable bonds is 7. The third-order valence-electron chi connectivity index (χ3n) is 5.80. The molecular weight excluding hydrogens is 420 g/mol. The second-order valence-corrected chi connectivity index (χ2v) is 8.47. The molecule has 0 saturated carbocycles. The highest BCUT2D eigenvalue weighted by molar-refractivity contribution is 6.08. The van der Waals surface area contributed by atoms with Crippen LogP contribution in [0.4, 0.5) is 8.78 Å². The summed E-state index contributed by atoms with van der Waals surface area (Å²) >= 11 is 0. The van der Waals surface area contributed by atoms with E-state index in [1.807, 2.05) is 36.4 Å². The van der Waals surface area contributed by atoms with Crippen LogP contribution >= 0.6 is 0 Å². The van der Waals surface area contributed by atoms with Gasteiger partial charge in [0.25, 0.3) is 5.91 Å². The summed E-state index contributed by atoms with van der Waals surface area (Å²) in [5.74, 6) is -2.02. The van der Waals surface area contributed by atoms with Gasteiger partial charge in [-0.25, -0.2) is 8.78 Å². The lowest BCUT2D eigenvalue weighted by Crippen LogP contribution is -2.24. The summed E-state index contributed by atoms with van der Waals surface area (Å²) in [5, 5.41) is 3.73. The molecule has 0 bridgehead atoms. The number of nitrogens with two attached hydrogens (primary N) is 1. The summed E-state index contributed by atoms with van der Waals surface area (Å²) < 4.78 is 29.0. The van der Waals surface area contributed by atoms with Crippen LogP contribution in [0.5, 0.6) is 0 Å². The number of carbonyl (C=O) groups excluding carboxylic acids is 1. The van der Waals surface area contributed by atoms with Crippen molar-refractivity contribution in [1.82, 2.24) is 9.88 Å². The highest BCUT2D eigenvalue weighted by Crippen LogP contribution is 2.33. The zero-order chi connectivity index (χ0) is 23.5. The van der Waals surface area contributed by atoms with Gasteiger partial charge in [0.1, 0.15) is 0 Å². The van der Waals surface area contributed by atoms with E-state index in [1.165, 1.54) is 6.07 Å². The van der Waals surface area contributed by atoms with Crippen LogP contribution in [0.15, 0.2) is 66.7 Å². The average molecular weight is 448 g/mol. The van der Waals surface area contributed by atoms with E-state index in [1.54, 1.807) is 0 Å². The van der Waals surface area contributed by atoms with E-state index in [0.29, 0.717) is 24.2 Å². The Morgan fingerprint density at radius 2 is 1.67 bits per heavy atom. The summed E-state index contributed by atoms with van der Waals surface area (Å²) in [6, 6.07) is 19.6. The predicted octanol–water partition coefficient (Wildman–Crippen LogP) is 5.48. The van der Waals surface area contributed by atoms with E-state index >= 15 is 0 Å². The van der Waals surface area contributed by atoms with Gasteiger partial charge in [-0.3, -0.25) is 4.79 Å². The second kappa shape index (κ2) is 9.55. The normalized spacial score (nSPS) is 11.3. The minimum atomic E-state index is -0.932. The molecule has 4 aromatic rings. The minimum absolute atomic E-state index is 0.0754. The van der Waals surface area contributed by atoms with Crippen LogP contribution < -0.4 is 11.1 Å². The lowest BCUT2D eigenvalue weighted by atomic mass is 10.0. The van der Waals surface area contributed by atoms with Gasteiger partial charge in [0.2, 0.25) is 0 Å². The molecule has 1 heterocycles. The molecule has 4 nitrogen and oxygen atoms in total. The number of nitrogens with one attached hydrogen (secondary N) is 1. The Morgan fingerprint density at radius 3 is 2.33 bits per heavy atom. The molecule has 0 atom stereocenters. The molecule has 0 aliphatic rings. The number of hydrogen-bond acceptors (Lipinski definition) is 2. The van der Waals surface area contributed by atoms with Crippen LogP contribution in [0, 0.1) is 11.6 Å². The molecule has 3 aromatic carbocycles. The Labute approximate surface area is 192 Å². The molecule has 0 aliphatic heterocycles. The molecule has 0 unspecified atom stereocenters. The largest absolute Gasteiger partial charge is 0.348 e. The Balaban J connectivity index is 1.78. The molecule has 4 rings (SSSR count). The molecule has 1 aromatic heterocycles. The first-order valence-corrected chi connectivity index (χ1v) is 11.0. The molecule has 170 valence electrons. The van der Waals surface area contributed by atoms with Gasteiger partial charge in [0.05, 0.1) is 5.56 Å². The second-order valence-electron chi connectivity index (χ2n) is 8.47. The summed E-state index contributed by atoms with van der Waals surface area (Å²) in [4.78, 5) is 13.4. The molecule has 6 heteroatoms. The summed E-state index contributed by atoms with van der Waals surface area (Å²) in [5.41, 5.74) is 11.0. The SMILES string of the molecule is CC(C)c1c(C(=O)NCc2ccc(F)c(F)c2)c2ccc(CN)cc2n1Cc1ccccc1. The minimum Gasteiger partial charge on any atom is -0.348 e. The number of amides is 1. The van der Waals surface area contributed by atoms with E-state index in [4.69, 9.17) is 5.73 Å². The van der Waals surface area contributed by atoms with Gasteiger partial charge in [-0.1, -0.05) is 62.4 Å². The number of nitrogens with zero attached hydrogens (tertiary/aromatic N) is 1. The van der Waals surface area contributed by atoms with Crippen molar-refractivity contribution >= 4 is 16.8 Å². The summed E-state index contributed by atoms with van der Waals surface area (Å²) in [7, 11) is 0. The fourth-order valence-electron chi connectivity index (χ4n) is 4.24. The van der Waals surface area contributed by atoms with Gasteiger partial charge in [-0.05, 0) is 40.8 Å². The molecule has 1 amide bonds.